The number of nitrogens with one attached hydrogen (secondary N) is 1. The molecule has 1 aromatic carbocycles. The Bertz CT molecular complexity index is 516. The van der Waals surface area contributed by atoms with Crippen molar-refractivity contribution in [3.63, 3.8) is 0 Å². The Morgan fingerprint density at radius 1 is 1.28 bits per heavy atom. The van der Waals surface area contributed by atoms with Crippen molar-refractivity contribution >= 4 is 22.9 Å². The van der Waals surface area contributed by atoms with Crippen LogP contribution in [0.4, 0.5) is 0 Å². The molecular formula is C15H18ClNS. The van der Waals surface area contributed by atoms with Gasteiger partial charge >= 0.3 is 0 Å². The van der Waals surface area contributed by atoms with Crippen LogP contribution in [0.3, 0.4) is 0 Å². The fourth-order valence-electron chi connectivity index (χ4n) is 2.04. The van der Waals surface area contributed by atoms with Crippen molar-refractivity contribution in [2.24, 2.45) is 0 Å². The molecule has 1 nitrogen and oxygen atoms in total. The second-order valence-corrected chi connectivity index (χ2v) is 5.70. The van der Waals surface area contributed by atoms with Crippen molar-refractivity contribution in [2.75, 3.05) is 7.05 Å². The molecule has 0 fully saturated rings. The molecule has 0 saturated heterocycles. The van der Waals surface area contributed by atoms with Gasteiger partial charge in [0.25, 0.3) is 0 Å². The second-order valence-electron chi connectivity index (χ2n) is 4.41. The predicted molar refractivity (Wildman–Crippen MR) is 80.8 cm³/mol. The first-order valence-electron chi connectivity index (χ1n) is 6.17. The highest BCUT2D eigenvalue weighted by Gasteiger charge is 2.18. The first-order chi connectivity index (χ1) is 8.67. The Kier molecular flexibility index (Phi) is 4.44. The van der Waals surface area contributed by atoms with Gasteiger partial charge in [0.15, 0.2) is 0 Å². The molecule has 0 saturated carbocycles. The summed E-state index contributed by atoms with van der Waals surface area (Å²) in [6.45, 7) is 4.22. The van der Waals surface area contributed by atoms with Crippen LogP contribution in [0, 0.1) is 6.92 Å². The second kappa shape index (κ2) is 5.87. The summed E-state index contributed by atoms with van der Waals surface area (Å²) in [5.74, 6) is 0. The zero-order valence-electron chi connectivity index (χ0n) is 11.0. The van der Waals surface area contributed by atoms with E-state index in [2.05, 4.69) is 48.8 Å². The van der Waals surface area contributed by atoms with Gasteiger partial charge < -0.3 is 5.32 Å². The molecule has 0 spiro atoms. The van der Waals surface area contributed by atoms with E-state index in [9.17, 15) is 0 Å². The Morgan fingerprint density at radius 3 is 2.39 bits per heavy atom. The predicted octanol–water partition coefficient (Wildman–Crippen LogP) is 4.58. The molecule has 0 aliphatic rings. The highest BCUT2D eigenvalue weighted by molar-refractivity contribution is 7.10. The maximum Gasteiger partial charge on any atom is 0.0683 e. The van der Waals surface area contributed by atoms with Crippen molar-refractivity contribution in [2.45, 2.75) is 26.3 Å². The average molecular weight is 280 g/mol. The van der Waals surface area contributed by atoms with Crippen molar-refractivity contribution in [3.05, 3.63) is 56.2 Å². The molecule has 2 rings (SSSR count). The lowest BCUT2D eigenvalue weighted by molar-refractivity contribution is 0.703. The molecule has 0 radical (unpaired) electrons. The summed E-state index contributed by atoms with van der Waals surface area (Å²) in [5, 5.41) is 6.35. The molecule has 1 N–H and O–H groups in total. The van der Waals surface area contributed by atoms with Crippen LogP contribution in [-0.4, -0.2) is 7.05 Å². The molecule has 1 aromatic heterocycles. The molecule has 96 valence electrons. The lowest BCUT2D eigenvalue weighted by Gasteiger charge is -2.16. The zero-order chi connectivity index (χ0) is 13.1. The van der Waals surface area contributed by atoms with Crippen LogP contribution >= 0.6 is 22.9 Å². The van der Waals surface area contributed by atoms with Crippen LogP contribution in [-0.2, 0) is 6.42 Å². The first kappa shape index (κ1) is 13.6. The van der Waals surface area contributed by atoms with E-state index in [1.165, 1.54) is 16.0 Å². The minimum atomic E-state index is 0.183. The largest absolute Gasteiger partial charge is 0.309 e. The number of benzene rings is 1. The summed E-state index contributed by atoms with van der Waals surface area (Å²) in [4.78, 5) is 1.20. The molecular weight excluding hydrogens is 262 g/mol. The third kappa shape index (κ3) is 2.61. The summed E-state index contributed by atoms with van der Waals surface area (Å²) < 4.78 is 0. The van der Waals surface area contributed by atoms with Crippen molar-refractivity contribution < 1.29 is 0 Å². The maximum absolute atomic E-state index is 6.36. The normalized spacial score (nSPS) is 12.7. The van der Waals surface area contributed by atoms with Crippen molar-refractivity contribution in [3.8, 4) is 0 Å². The molecule has 3 heteroatoms. The van der Waals surface area contributed by atoms with E-state index in [1.54, 1.807) is 11.3 Å². The van der Waals surface area contributed by atoms with Gasteiger partial charge in [-0.2, -0.15) is 0 Å². The van der Waals surface area contributed by atoms with Crippen LogP contribution in [0.15, 0.2) is 29.6 Å². The molecule has 18 heavy (non-hydrogen) atoms. The summed E-state index contributed by atoms with van der Waals surface area (Å²) in [5.41, 5.74) is 3.78. The van der Waals surface area contributed by atoms with E-state index in [0.717, 1.165) is 17.0 Å². The first-order valence-corrected chi connectivity index (χ1v) is 7.42. The van der Waals surface area contributed by atoms with Crippen LogP contribution in [0.25, 0.3) is 0 Å². The Hall–Kier alpha value is -0.830. The third-order valence-corrected chi connectivity index (χ3v) is 4.98. The summed E-state index contributed by atoms with van der Waals surface area (Å²) >= 11 is 8.08. The minimum absolute atomic E-state index is 0.183. The molecule has 2 aromatic rings. The number of hydrogen-bond acceptors (Lipinski definition) is 2. The van der Waals surface area contributed by atoms with E-state index in [0.29, 0.717) is 0 Å². The summed E-state index contributed by atoms with van der Waals surface area (Å²) in [6.07, 6.45) is 1.07. The lowest BCUT2D eigenvalue weighted by Crippen LogP contribution is -2.16. The minimum Gasteiger partial charge on any atom is -0.309 e. The Balaban J connectivity index is 2.35. The van der Waals surface area contributed by atoms with Gasteiger partial charge in [-0.15, -0.1) is 11.3 Å². The quantitative estimate of drug-likeness (QED) is 0.864. The SMILES string of the molecule is CCc1ccc(C(NC)c2scc(C)c2Cl)cc1. The monoisotopic (exact) mass is 279 g/mol. The molecule has 0 aliphatic heterocycles. The highest BCUT2D eigenvalue weighted by atomic mass is 35.5. The number of aryl methyl sites for hydroxylation is 2. The van der Waals surface area contributed by atoms with Gasteiger partial charge in [0, 0.05) is 4.88 Å². The Morgan fingerprint density at radius 2 is 1.94 bits per heavy atom. The summed E-state index contributed by atoms with van der Waals surface area (Å²) in [7, 11) is 1.98. The van der Waals surface area contributed by atoms with Crippen LogP contribution in [0.2, 0.25) is 5.02 Å². The van der Waals surface area contributed by atoms with Gasteiger partial charge in [-0.3, -0.25) is 0 Å². The van der Waals surface area contributed by atoms with Gasteiger partial charge in [-0.1, -0.05) is 42.8 Å². The number of halogens is 1. The van der Waals surface area contributed by atoms with E-state index in [-0.39, 0.29) is 6.04 Å². The van der Waals surface area contributed by atoms with Gasteiger partial charge in [-0.05, 0) is 42.5 Å². The number of hydrogen-bond donors (Lipinski definition) is 1. The zero-order valence-corrected chi connectivity index (χ0v) is 12.5. The van der Waals surface area contributed by atoms with Crippen LogP contribution in [0.5, 0.6) is 0 Å². The van der Waals surface area contributed by atoms with E-state index < -0.39 is 0 Å². The van der Waals surface area contributed by atoms with Crippen LogP contribution in [0.1, 0.15) is 34.5 Å². The molecule has 0 aliphatic carbocycles. The van der Waals surface area contributed by atoms with Crippen molar-refractivity contribution in [1.29, 1.82) is 0 Å². The van der Waals surface area contributed by atoms with Gasteiger partial charge in [-0.25, -0.2) is 0 Å². The van der Waals surface area contributed by atoms with E-state index in [4.69, 9.17) is 11.6 Å². The fourth-order valence-corrected chi connectivity index (χ4v) is 3.48. The van der Waals surface area contributed by atoms with Crippen molar-refractivity contribution in [1.82, 2.24) is 5.32 Å². The molecule has 0 amide bonds. The van der Waals surface area contributed by atoms with Gasteiger partial charge in [0.05, 0.1) is 11.1 Å². The number of thiophene rings is 1. The highest BCUT2D eigenvalue weighted by Crippen LogP contribution is 2.35. The molecule has 1 unspecified atom stereocenters. The van der Waals surface area contributed by atoms with E-state index >= 15 is 0 Å². The third-order valence-electron chi connectivity index (χ3n) is 3.20. The van der Waals surface area contributed by atoms with Crippen LogP contribution < -0.4 is 5.32 Å². The molecule has 1 heterocycles. The summed E-state index contributed by atoms with van der Waals surface area (Å²) in [6, 6.07) is 8.93. The molecule has 0 bridgehead atoms. The molecule has 1 atom stereocenters. The standard InChI is InChI=1S/C15H18ClNS/c1-4-11-5-7-12(8-6-11)14(17-3)15-13(16)10(2)9-18-15/h5-9,14,17H,4H2,1-3H3. The smallest absolute Gasteiger partial charge is 0.0683 e. The Labute approximate surface area is 118 Å². The van der Waals surface area contributed by atoms with Gasteiger partial charge in [0.1, 0.15) is 0 Å². The van der Waals surface area contributed by atoms with E-state index in [1.807, 2.05) is 7.05 Å². The maximum atomic E-state index is 6.36. The van der Waals surface area contributed by atoms with Gasteiger partial charge in [0.2, 0.25) is 0 Å². The average Bonchev–Trinajstić information content (AvgIpc) is 2.73. The lowest BCUT2D eigenvalue weighted by atomic mass is 10.0. The fraction of sp³-hybridized carbons (Fsp3) is 0.333. The number of rotatable bonds is 4. The topological polar surface area (TPSA) is 12.0 Å².